The number of ether oxygens (including phenoxy) is 5. The Morgan fingerprint density at radius 2 is 1.67 bits per heavy atom. The standard InChI is InChI=1S/C53H75NO12S/c1-35-22-26-41(56)33-48(37(3)31-39-24-28-43(29-25-39)64-52(67)63-42-19-13-10-14-20-42)65-51(60)45-21-15-16-30-54(45)50(59)49(58)53(61)38(4)23-27-44(66-53)34-47(62-5)36(2)17-11-8-6-7-9-12-18-40(55)32-46(35)57/h6-8,10-11,13-14,17,19-20,22,37-39,41,43-48,56-57,61H,9,12,15-16,18,21,23-34H2,1-5H3/b7-6+,11-8?,35-22+,36-17?/t37-,38-,39?,41?,43?,44+,45+,46+,47+,48+,53-/m1/s1. The molecule has 3 heterocycles. The van der Waals surface area contributed by atoms with Crippen molar-refractivity contribution >= 4 is 40.9 Å². The molecule has 1 aromatic rings. The van der Waals surface area contributed by atoms with Gasteiger partial charge in [0.25, 0.3) is 11.7 Å². The van der Waals surface area contributed by atoms with Crippen LogP contribution < -0.4 is 4.74 Å². The number of rotatable bonds is 6. The summed E-state index contributed by atoms with van der Waals surface area (Å²) in [5.41, 5.74) is 1.47. The van der Waals surface area contributed by atoms with Gasteiger partial charge < -0.3 is 43.9 Å². The number of ketones is 2. The molecule has 1 aliphatic carbocycles. The molecule has 0 aromatic heterocycles. The van der Waals surface area contributed by atoms with E-state index in [2.05, 4.69) is 0 Å². The number of methoxy groups -OCH3 is 1. The number of allylic oxidation sites excluding steroid dienone is 5. The highest BCUT2D eigenvalue weighted by atomic mass is 32.1. The summed E-state index contributed by atoms with van der Waals surface area (Å²) in [6, 6.07) is 8.16. The molecule has 1 unspecified atom stereocenters. The van der Waals surface area contributed by atoms with Gasteiger partial charge in [0, 0.05) is 57.5 Å². The third-order valence-corrected chi connectivity index (χ3v) is 14.3. The number of hydrogen-bond acceptors (Lipinski definition) is 13. The first-order valence-corrected chi connectivity index (χ1v) is 25.0. The second-order valence-electron chi connectivity index (χ2n) is 19.3. The number of para-hydroxylation sites is 1. The summed E-state index contributed by atoms with van der Waals surface area (Å²) in [5.74, 6) is -5.22. The Hall–Kier alpha value is -4.05. The Morgan fingerprint density at radius 3 is 2.40 bits per heavy atom. The van der Waals surface area contributed by atoms with Gasteiger partial charge in [-0.3, -0.25) is 14.4 Å². The minimum absolute atomic E-state index is 0.0233. The fraction of sp³-hybridized carbons (Fsp3) is 0.642. The number of benzene rings is 1. The molecule has 2 bridgehead atoms. The lowest BCUT2D eigenvalue weighted by Gasteiger charge is -2.42. The van der Waals surface area contributed by atoms with Gasteiger partial charge in [0.1, 0.15) is 29.8 Å². The van der Waals surface area contributed by atoms with Crippen molar-refractivity contribution in [1.29, 1.82) is 0 Å². The maximum atomic E-state index is 14.4. The molecule has 1 saturated carbocycles. The van der Waals surface area contributed by atoms with E-state index in [1.165, 1.54) is 4.90 Å². The van der Waals surface area contributed by atoms with Crippen molar-refractivity contribution in [2.45, 2.75) is 185 Å². The summed E-state index contributed by atoms with van der Waals surface area (Å²) >= 11 is 5.37. The normalized spacial score (nSPS) is 33.6. The molecule has 3 N–H and O–H groups in total. The molecule has 1 amide bonds. The molecule has 67 heavy (non-hydrogen) atoms. The van der Waals surface area contributed by atoms with Crippen LogP contribution in [-0.4, -0.2) is 111 Å². The maximum Gasteiger partial charge on any atom is 0.358 e. The second kappa shape index (κ2) is 26.6. The van der Waals surface area contributed by atoms with Crippen molar-refractivity contribution in [3.63, 3.8) is 0 Å². The number of esters is 1. The van der Waals surface area contributed by atoms with Gasteiger partial charge in [0.15, 0.2) is 0 Å². The van der Waals surface area contributed by atoms with Crippen molar-refractivity contribution in [2.24, 2.45) is 17.8 Å². The summed E-state index contributed by atoms with van der Waals surface area (Å²) in [7, 11) is 1.59. The van der Waals surface area contributed by atoms with E-state index in [4.69, 9.17) is 35.9 Å². The van der Waals surface area contributed by atoms with E-state index in [-0.39, 0.29) is 67.3 Å². The van der Waals surface area contributed by atoms with Gasteiger partial charge in [-0.15, -0.1) is 0 Å². The number of aliphatic hydroxyl groups is 3. The zero-order valence-corrected chi connectivity index (χ0v) is 41.0. The average molecular weight is 950 g/mol. The molecule has 1 aromatic carbocycles. The van der Waals surface area contributed by atoms with Gasteiger partial charge in [-0.05, 0) is 132 Å². The Morgan fingerprint density at radius 1 is 0.925 bits per heavy atom. The monoisotopic (exact) mass is 950 g/mol. The van der Waals surface area contributed by atoms with Crippen molar-refractivity contribution in [3.05, 3.63) is 77.9 Å². The summed E-state index contributed by atoms with van der Waals surface area (Å²) in [6.45, 7) is 7.47. The average Bonchev–Trinajstić information content (AvgIpc) is 3.31. The number of fused-ring (bicyclic) bond motifs is 3. The van der Waals surface area contributed by atoms with E-state index in [1.54, 1.807) is 27.0 Å². The Bertz CT molecular complexity index is 1920. The van der Waals surface area contributed by atoms with E-state index < -0.39 is 59.8 Å². The number of carbonyl (C=O) groups is 4. The molecule has 9 atom stereocenters. The highest BCUT2D eigenvalue weighted by molar-refractivity contribution is 7.79. The molecule has 4 aliphatic rings. The number of hydrogen-bond donors (Lipinski definition) is 3. The Balaban J connectivity index is 1.33. The van der Waals surface area contributed by atoms with Crippen molar-refractivity contribution in [3.8, 4) is 5.75 Å². The number of thiocarbonyl (C=S) groups is 1. The molecule has 370 valence electrons. The number of nitrogens with zero attached hydrogens (tertiary/aromatic N) is 1. The molecular weight excluding hydrogens is 875 g/mol. The predicted molar refractivity (Wildman–Crippen MR) is 259 cm³/mol. The van der Waals surface area contributed by atoms with Crippen LogP contribution >= 0.6 is 12.2 Å². The van der Waals surface area contributed by atoms with Gasteiger partial charge in [0.05, 0.1) is 24.4 Å². The fourth-order valence-electron chi connectivity index (χ4n) is 9.72. The van der Waals surface area contributed by atoms with E-state index in [0.29, 0.717) is 69.1 Å². The number of piperidine rings is 1. The zero-order chi connectivity index (χ0) is 48.5. The highest BCUT2D eigenvalue weighted by Crippen LogP contribution is 2.38. The third kappa shape index (κ3) is 16.3. The van der Waals surface area contributed by atoms with Crippen LogP contribution in [0, 0.1) is 17.8 Å². The lowest BCUT2D eigenvalue weighted by atomic mass is 9.80. The van der Waals surface area contributed by atoms with Crippen LogP contribution in [0.15, 0.2) is 77.9 Å². The van der Waals surface area contributed by atoms with Crippen LogP contribution in [0.2, 0.25) is 0 Å². The van der Waals surface area contributed by atoms with Crippen LogP contribution in [0.25, 0.3) is 0 Å². The van der Waals surface area contributed by atoms with Gasteiger partial charge >= 0.3 is 11.2 Å². The van der Waals surface area contributed by atoms with E-state index in [1.807, 2.05) is 74.6 Å². The van der Waals surface area contributed by atoms with Crippen molar-refractivity contribution in [2.75, 3.05) is 13.7 Å². The van der Waals surface area contributed by atoms with Crippen molar-refractivity contribution in [1.82, 2.24) is 4.90 Å². The van der Waals surface area contributed by atoms with Gasteiger partial charge in [-0.25, -0.2) is 4.79 Å². The number of cyclic esters (lactones) is 1. The molecule has 5 rings (SSSR count). The SMILES string of the molecule is CO[C@H]1C[C@@H]2CC[C@@H](C)[C@@](O)(O2)C(=O)C(=O)N2CCCC[C@H]2C(=O)O[C@H]([C@H](C)CC2CCC(OC(=S)Oc3ccccc3)CC2)CC(O)C/C=C(\C)[C@@H](O)CC(=O)CCC/C=C/C=CC=C1C. The van der Waals surface area contributed by atoms with Crippen LogP contribution in [0.5, 0.6) is 5.75 Å². The molecule has 14 heteroatoms. The summed E-state index contributed by atoms with van der Waals surface area (Å²) in [4.78, 5) is 56.8. The lowest BCUT2D eigenvalue weighted by molar-refractivity contribution is -0.265. The fourth-order valence-corrected chi connectivity index (χ4v) is 9.95. The molecule has 13 nitrogen and oxygen atoms in total. The smallest absolute Gasteiger partial charge is 0.358 e. The van der Waals surface area contributed by atoms with Crippen LogP contribution in [0.1, 0.15) is 137 Å². The summed E-state index contributed by atoms with van der Waals surface area (Å²) in [6.07, 6.45) is 16.1. The Kier molecular flexibility index (Phi) is 21.4. The van der Waals surface area contributed by atoms with Crippen molar-refractivity contribution < 1.29 is 58.2 Å². The Labute approximate surface area is 403 Å². The largest absolute Gasteiger partial charge is 0.460 e. The number of aliphatic hydroxyl groups excluding tert-OH is 2. The molecule has 3 fully saturated rings. The number of Topliss-reactive ketones (excluding diaryl/α,β-unsaturated/α-hetero) is 2. The van der Waals surface area contributed by atoms with E-state index in [0.717, 1.165) is 31.3 Å². The van der Waals surface area contributed by atoms with E-state index >= 15 is 0 Å². The highest BCUT2D eigenvalue weighted by Gasteiger charge is 2.53. The molecule has 0 spiro atoms. The molecule has 2 saturated heterocycles. The van der Waals surface area contributed by atoms with Crippen LogP contribution in [-0.2, 0) is 38.1 Å². The maximum absolute atomic E-state index is 14.4. The number of amides is 1. The topological polar surface area (TPSA) is 178 Å². The van der Waals surface area contributed by atoms with Gasteiger partial charge in [-0.1, -0.05) is 68.5 Å². The molecule has 0 radical (unpaired) electrons. The minimum Gasteiger partial charge on any atom is -0.460 e. The second-order valence-corrected chi connectivity index (χ2v) is 19.6. The summed E-state index contributed by atoms with van der Waals surface area (Å²) < 4.78 is 30.0. The van der Waals surface area contributed by atoms with Crippen LogP contribution in [0.4, 0.5) is 0 Å². The quantitative estimate of drug-likeness (QED) is 0.107. The zero-order valence-electron chi connectivity index (χ0n) is 40.2. The predicted octanol–water partition coefficient (Wildman–Crippen LogP) is 8.37. The third-order valence-electron chi connectivity index (χ3n) is 14.1. The molecular formula is C53H75NO12S. The first-order chi connectivity index (χ1) is 32.1. The van der Waals surface area contributed by atoms with E-state index in [9.17, 15) is 34.5 Å². The first kappa shape index (κ1) is 53.9. The summed E-state index contributed by atoms with van der Waals surface area (Å²) in [5, 5.41) is 34.4. The van der Waals surface area contributed by atoms with Gasteiger partial charge in [0.2, 0.25) is 5.79 Å². The van der Waals surface area contributed by atoms with Gasteiger partial charge in [-0.2, -0.15) is 0 Å². The number of carbonyl (C=O) groups excluding carboxylic acids is 4. The first-order valence-electron chi connectivity index (χ1n) is 24.5. The van der Waals surface area contributed by atoms with Crippen LogP contribution in [0.3, 0.4) is 0 Å². The lowest BCUT2D eigenvalue weighted by Crippen LogP contribution is -2.61. The minimum atomic E-state index is -2.40. The molecule has 3 aliphatic heterocycles.